The molecule has 0 spiro atoms. The molecule has 0 bridgehead atoms. The maximum atomic E-state index is 14.4. The van der Waals surface area contributed by atoms with Crippen molar-refractivity contribution >= 4 is 0 Å². The van der Waals surface area contributed by atoms with Crippen LogP contribution in [0.25, 0.3) is 0 Å². The predicted octanol–water partition coefficient (Wildman–Crippen LogP) is 8.99. The van der Waals surface area contributed by atoms with Crippen LogP contribution in [-0.2, 0) is 5.41 Å². The summed E-state index contributed by atoms with van der Waals surface area (Å²) in [5.41, 5.74) is 2.08. The molecule has 3 rings (SSSR count). The molecule has 0 amide bonds. The molecule has 2 aliphatic carbocycles. The van der Waals surface area contributed by atoms with Gasteiger partial charge in [0.05, 0.1) is 5.56 Å². The standard InChI is InChI=1S/C28H42FN/c1-2-3-6-15-27(16-7-4-8-17-27)18-11-12-21-28(19-9-5-10-20-28)25-14-13-24(23-30)26(29)22-25/h13-14,22H,2-12,15-21H2,1H3. The van der Waals surface area contributed by atoms with E-state index in [1.165, 1.54) is 116 Å². The summed E-state index contributed by atoms with van der Waals surface area (Å²) in [5, 5.41) is 9.09. The van der Waals surface area contributed by atoms with Crippen LogP contribution in [0.1, 0.15) is 134 Å². The van der Waals surface area contributed by atoms with Crippen LogP contribution < -0.4 is 0 Å². The number of rotatable bonds is 10. The topological polar surface area (TPSA) is 23.8 Å². The number of benzene rings is 1. The van der Waals surface area contributed by atoms with E-state index in [9.17, 15) is 4.39 Å². The van der Waals surface area contributed by atoms with Crippen LogP contribution in [0.5, 0.6) is 0 Å². The molecule has 0 aliphatic heterocycles. The number of unbranched alkanes of at least 4 members (excludes halogenated alkanes) is 3. The van der Waals surface area contributed by atoms with Crippen molar-refractivity contribution in [1.29, 1.82) is 5.26 Å². The average molecular weight is 412 g/mol. The minimum atomic E-state index is -0.336. The highest BCUT2D eigenvalue weighted by Crippen LogP contribution is 2.47. The third-order valence-corrected chi connectivity index (χ3v) is 8.35. The summed E-state index contributed by atoms with van der Waals surface area (Å²) in [5.74, 6) is -0.336. The van der Waals surface area contributed by atoms with Gasteiger partial charge in [0.2, 0.25) is 0 Å². The van der Waals surface area contributed by atoms with Gasteiger partial charge in [-0.3, -0.25) is 0 Å². The van der Waals surface area contributed by atoms with E-state index in [-0.39, 0.29) is 16.8 Å². The second kappa shape index (κ2) is 11.3. The fourth-order valence-corrected chi connectivity index (χ4v) is 6.49. The zero-order valence-corrected chi connectivity index (χ0v) is 19.3. The minimum Gasteiger partial charge on any atom is -0.206 e. The molecule has 2 saturated carbocycles. The van der Waals surface area contributed by atoms with E-state index in [0.29, 0.717) is 5.41 Å². The number of nitrogens with zero attached hydrogens (tertiary/aromatic N) is 1. The minimum absolute atomic E-state index is 0.134. The summed E-state index contributed by atoms with van der Waals surface area (Å²) in [4.78, 5) is 0. The van der Waals surface area contributed by atoms with E-state index in [2.05, 4.69) is 6.92 Å². The summed E-state index contributed by atoms with van der Waals surface area (Å²) < 4.78 is 14.4. The van der Waals surface area contributed by atoms with Gasteiger partial charge in [0.15, 0.2) is 0 Å². The Bertz CT molecular complexity index is 689. The zero-order chi connectivity index (χ0) is 21.3. The van der Waals surface area contributed by atoms with Crippen molar-refractivity contribution in [3.8, 4) is 6.07 Å². The molecule has 166 valence electrons. The molecule has 1 nitrogen and oxygen atoms in total. The number of hydrogen-bond donors (Lipinski definition) is 0. The normalized spacial score (nSPS) is 20.6. The second-order valence-corrected chi connectivity index (χ2v) is 10.4. The molecule has 1 aromatic rings. The van der Waals surface area contributed by atoms with Gasteiger partial charge < -0.3 is 0 Å². The van der Waals surface area contributed by atoms with E-state index < -0.39 is 0 Å². The highest BCUT2D eigenvalue weighted by molar-refractivity contribution is 5.37. The Morgan fingerprint density at radius 2 is 1.43 bits per heavy atom. The lowest BCUT2D eigenvalue weighted by Crippen LogP contribution is -2.29. The zero-order valence-electron chi connectivity index (χ0n) is 19.3. The molecule has 30 heavy (non-hydrogen) atoms. The first-order chi connectivity index (χ1) is 14.6. The van der Waals surface area contributed by atoms with Crippen LogP contribution in [0.2, 0.25) is 0 Å². The summed E-state index contributed by atoms with van der Waals surface area (Å²) in [6.07, 6.45) is 24.1. The number of nitriles is 1. The first-order valence-electron chi connectivity index (χ1n) is 12.8. The van der Waals surface area contributed by atoms with Gasteiger partial charge in [0, 0.05) is 0 Å². The summed E-state index contributed by atoms with van der Waals surface area (Å²) in [6.45, 7) is 2.31. The second-order valence-electron chi connectivity index (χ2n) is 10.4. The molecule has 0 heterocycles. The van der Waals surface area contributed by atoms with Crippen LogP contribution in [0, 0.1) is 22.6 Å². The van der Waals surface area contributed by atoms with Gasteiger partial charge in [-0.2, -0.15) is 5.26 Å². The molecule has 0 aromatic heterocycles. The Morgan fingerprint density at radius 1 is 0.833 bits per heavy atom. The number of hydrogen-bond acceptors (Lipinski definition) is 1. The van der Waals surface area contributed by atoms with Crippen LogP contribution >= 0.6 is 0 Å². The lowest BCUT2D eigenvalue weighted by molar-refractivity contribution is 0.144. The SMILES string of the molecule is CCCCCC1(CCCCC2(c3ccc(C#N)c(F)c3)CCCCC2)CCCCC1. The van der Waals surface area contributed by atoms with E-state index in [0.717, 1.165) is 5.56 Å². The van der Waals surface area contributed by atoms with Gasteiger partial charge in [-0.05, 0) is 73.5 Å². The van der Waals surface area contributed by atoms with E-state index in [1.807, 2.05) is 12.1 Å². The first-order valence-corrected chi connectivity index (χ1v) is 12.8. The maximum absolute atomic E-state index is 14.4. The Labute approximate surface area is 184 Å². The van der Waals surface area contributed by atoms with Gasteiger partial charge in [0.25, 0.3) is 0 Å². The van der Waals surface area contributed by atoms with Crippen molar-refractivity contribution in [1.82, 2.24) is 0 Å². The van der Waals surface area contributed by atoms with E-state index in [4.69, 9.17) is 5.26 Å². The Morgan fingerprint density at radius 3 is 2.03 bits per heavy atom. The van der Waals surface area contributed by atoms with Gasteiger partial charge >= 0.3 is 0 Å². The summed E-state index contributed by atoms with van der Waals surface area (Å²) in [7, 11) is 0. The van der Waals surface area contributed by atoms with Crippen LogP contribution in [0.3, 0.4) is 0 Å². The summed E-state index contributed by atoms with van der Waals surface area (Å²) in [6, 6.07) is 7.40. The average Bonchev–Trinajstić information content (AvgIpc) is 2.78. The third kappa shape index (κ3) is 5.87. The molecule has 2 aliphatic rings. The summed E-state index contributed by atoms with van der Waals surface area (Å²) >= 11 is 0. The van der Waals surface area contributed by atoms with Crippen molar-refractivity contribution in [3.63, 3.8) is 0 Å². The van der Waals surface area contributed by atoms with Gasteiger partial charge in [0.1, 0.15) is 11.9 Å². The Hall–Kier alpha value is -1.36. The van der Waals surface area contributed by atoms with Crippen molar-refractivity contribution < 1.29 is 4.39 Å². The van der Waals surface area contributed by atoms with Crippen molar-refractivity contribution in [2.24, 2.45) is 5.41 Å². The molecule has 1 aromatic carbocycles. The van der Waals surface area contributed by atoms with Gasteiger partial charge in [-0.25, -0.2) is 4.39 Å². The quantitative estimate of drug-likeness (QED) is 0.352. The monoisotopic (exact) mass is 411 g/mol. The van der Waals surface area contributed by atoms with Crippen LogP contribution in [0.4, 0.5) is 4.39 Å². The lowest BCUT2D eigenvalue weighted by Gasteiger charge is -2.40. The van der Waals surface area contributed by atoms with Crippen molar-refractivity contribution in [2.75, 3.05) is 0 Å². The van der Waals surface area contributed by atoms with Crippen molar-refractivity contribution in [3.05, 3.63) is 35.1 Å². The molecule has 0 N–H and O–H groups in total. The molecular formula is C28H42FN. The highest BCUT2D eigenvalue weighted by atomic mass is 19.1. The van der Waals surface area contributed by atoms with Gasteiger partial charge in [-0.15, -0.1) is 0 Å². The van der Waals surface area contributed by atoms with E-state index in [1.54, 1.807) is 12.1 Å². The van der Waals surface area contributed by atoms with Gasteiger partial charge in [-0.1, -0.05) is 83.6 Å². The number of halogens is 1. The first kappa shape index (κ1) is 23.3. The predicted molar refractivity (Wildman–Crippen MR) is 124 cm³/mol. The Balaban J connectivity index is 1.62. The molecule has 0 radical (unpaired) electrons. The lowest BCUT2D eigenvalue weighted by atomic mass is 9.65. The van der Waals surface area contributed by atoms with E-state index >= 15 is 0 Å². The molecule has 2 fully saturated rings. The Kier molecular flexibility index (Phi) is 8.79. The van der Waals surface area contributed by atoms with Crippen LogP contribution in [-0.4, -0.2) is 0 Å². The molecule has 2 heteroatoms. The third-order valence-electron chi connectivity index (χ3n) is 8.35. The highest BCUT2D eigenvalue weighted by Gasteiger charge is 2.35. The van der Waals surface area contributed by atoms with Crippen LogP contribution in [0.15, 0.2) is 18.2 Å². The largest absolute Gasteiger partial charge is 0.206 e. The fourth-order valence-electron chi connectivity index (χ4n) is 6.49. The molecule has 0 unspecified atom stereocenters. The fraction of sp³-hybridized carbons (Fsp3) is 0.750. The smallest absolute Gasteiger partial charge is 0.141 e. The molecular weight excluding hydrogens is 369 g/mol. The van der Waals surface area contributed by atoms with Crippen molar-refractivity contribution in [2.45, 2.75) is 128 Å². The molecule has 0 atom stereocenters. The molecule has 0 saturated heterocycles. The maximum Gasteiger partial charge on any atom is 0.141 e.